The molecule has 2 aliphatic rings. The number of fused-ring (bicyclic) bond motifs is 3. The van der Waals surface area contributed by atoms with Crippen molar-refractivity contribution in [2.45, 2.75) is 52.6 Å². The summed E-state index contributed by atoms with van der Waals surface area (Å²) in [5, 5.41) is 3.41. The number of thiophene rings is 1. The molecule has 7 heteroatoms. The predicted octanol–water partition coefficient (Wildman–Crippen LogP) is 3.58. The van der Waals surface area contributed by atoms with Crippen LogP contribution in [0.5, 0.6) is 0 Å². The number of anilines is 1. The number of ether oxygens (including phenoxy) is 2. The van der Waals surface area contributed by atoms with Crippen molar-refractivity contribution in [1.82, 2.24) is 4.90 Å². The highest BCUT2D eigenvalue weighted by Crippen LogP contribution is 2.48. The molecule has 0 spiro atoms. The lowest BCUT2D eigenvalue weighted by atomic mass is 9.83. The largest absolute Gasteiger partial charge is 0.462 e. The first-order chi connectivity index (χ1) is 12.5. The summed E-state index contributed by atoms with van der Waals surface area (Å²) < 4.78 is 11.4. The number of unbranched alkanes of at least 4 members (excludes halogenated alkanes) is 1. The molecule has 1 fully saturated rings. The van der Waals surface area contributed by atoms with Crippen LogP contribution in [-0.2, 0) is 20.7 Å². The summed E-state index contributed by atoms with van der Waals surface area (Å²) in [6, 6.07) is 0. The molecule has 0 aromatic carbocycles. The van der Waals surface area contributed by atoms with Gasteiger partial charge in [-0.3, -0.25) is 9.69 Å². The Kier molecular flexibility index (Phi) is 6.32. The van der Waals surface area contributed by atoms with Crippen LogP contribution >= 0.6 is 11.3 Å². The third-order valence-corrected chi connectivity index (χ3v) is 6.23. The number of nitrogens with one attached hydrogen (secondary N) is 1. The molecular formula is C19H28N2O4S. The summed E-state index contributed by atoms with van der Waals surface area (Å²) in [5.74, 6) is -0.0967. The summed E-state index contributed by atoms with van der Waals surface area (Å²) in [6.45, 7) is 8.50. The van der Waals surface area contributed by atoms with Crippen LogP contribution in [0, 0.1) is 5.92 Å². The molecule has 1 aromatic rings. The number of hydrogen-bond acceptors (Lipinski definition) is 6. The Labute approximate surface area is 158 Å². The van der Waals surface area contributed by atoms with Gasteiger partial charge in [0.2, 0.25) is 5.91 Å². The summed E-state index contributed by atoms with van der Waals surface area (Å²) in [4.78, 5) is 27.6. The fourth-order valence-corrected chi connectivity index (χ4v) is 5.26. The van der Waals surface area contributed by atoms with Gasteiger partial charge in [-0.25, -0.2) is 4.79 Å². The quantitative estimate of drug-likeness (QED) is 0.764. The minimum atomic E-state index is -0.354. The van der Waals surface area contributed by atoms with Gasteiger partial charge in [-0.05, 0) is 31.7 Å². The van der Waals surface area contributed by atoms with Gasteiger partial charge in [0, 0.05) is 30.8 Å². The number of carbonyl (C=O) groups is 2. The minimum absolute atomic E-state index is 0.0114. The molecule has 0 bridgehead atoms. The van der Waals surface area contributed by atoms with Gasteiger partial charge in [0.05, 0.1) is 25.0 Å². The standard InChI is InChI=1S/C19H28N2O4S/c1-4-6-9-21-10-13-7-8-14-15(19(23)24-5-2)18(20-12(3)22)26-17(14)16(13)25-11-21/h13,16H,4-11H2,1-3H3,(H,20,22). The topological polar surface area (TPSA) is 67.9 Å². The van der Waals surface area contributed by atoms with Crippen LogP contribution in [0.3, 0.4) is 0 Å². The molecule has 26 heavy (non-hydrogen) atoms. The second-order valence-electron chi connectivity index (χ2n) is 7.00. The van der Waals surface area contributed by atoms with Crippen molar-refractivity contribution in [3.8, 4) is 0 Å². The van der Waals surface area contributed by atoms with Crippen LogP contribution in [0.4, 0.5) is 5.00 Å². The number of hydrogen-bond donors (Lipinski definition) is 1. The second-order valence-corrected chi connectivity index (χ2v) is 8.05. The minimum Gasteiger partial charge on any atom is -0.462 e. The van der Waals surface area contributed by atoms with Crippen LogP contribution in [0.15, 0.2) is 0 Å². The number of nitrogens with zero attached hydrogens (tertiary/aromatic N) is 1. The van der Waals surface area contributed by atoms with E-state index in [9.17, 15) is 9.59 Å². The highest BCUT2D eigenvalue weighted by molar-refractivity contribution is 7.17. The Hall–Kier alpha value is -1.44. The first kappa shape index (κ1) is 19.3. The number of rotatable bonds is 6. The lowest BCUT2D eigenvalue weighted by molar-refractivity contribution is -0.114. The summed E-state index contributed by atoms with van der Waals surface area (Å²) >= 11 is 1.47. The zero-order chi connectivity index (χ0) is 18.7. The first-order valence-electron chi connectivity index (χ1n) is 9.49. The molecule has 2 heterocycles. The van der Waals surface area contributed by atoms with E-state index in [-0.39, 0.29) is 18.0 Å². The van der Waals surface area contributed by atoms with Crippen LogP contribution in [0.2, 0.25) is 0 Å². The van der Waals surface area contributed by atoms with E-state index >= 15 is 0 Å². The third kappa shape index (κ3) is 3.94. The molecule has 1 aromatic heterocycles. The fraction of sp³-hybridized carbons (Fsp3) is 0.684. The lowest BCUT2D eigenvalue weighted by Crippen LogP contribution is -2.43. The smallest absolute Gasteiger partial charge is 0.341 e. The summed E-state index contributed by atoms with van der Waals surface area (Å²) in [5.41, 5.74) is 1.53. The summed E-state index contributed by atoms with van der Waals surface area (Å²) in [6.07, 6.45) is 4.19. The van der Waals surface area contributed by atoms with Crippen LogP contribution in [0.1, 0.15) is 66.9 Å². The van der Waals surface area contributed by atoms with Gasteiger partial charge in [0.15, 0.2) is 0 Å². The Morgan fingerprint density at radius 3 is 2.88 bits per heavy atom. The zero-order valence-corrected chi connectivity index (χ0v) is 16.6. The van der Waals surface area contributed by atoms with E-state index in [2.05, 4.69) is 17.1 Å². The predicted molar refractivity (Wildman–Crippen MR) is 102 cm³/mol. The van der Waals surface area contributed by atoms with Crippen molar-refractivity contribution in [1.29, 1.82) is 0 Å². The monoisotopic (exact) mass is 380 g/mol. The van der Waals surface area contributed by atoms with Crippen molar-refractivity contribution in [3.05, 3.63) is 16.0 Å². The van der Waals surface area contributed by atoms with Crippen molar-refractivity contribution < 1.29 is 19.1 Å². The molecule has 1 amide bonds. The van der Waals surface area contributed by atoms with E-state index in [0.717, 1.165) is 36.4 Å². The van der Waals surface area contributed by atoms with E-state index in [1.54, 1.807) is 6.92 Å². The highest BCUT2D eigenvalue weighted by Gasteiger charge is 2.40. The number of amides is 1. The maximum Gasteiger partial charge on any atom is 0.341 e. The Balaban J connectivity index is 1.86. The van der Waals surface area contributed by atoms with E-state index in [0.29, 0.717) is 29.8 Å². The van der Waals surface area contributed by atoms with E-state index < -0.39 is 0 Å². The molecule has 144 valence electrons. The van der Waals surface area contributed by atoms with Crippen molar-refractivity contribution in [2.24, 2.45) is 5.92 Å². The van der Waals surface area contributed by atoms with Crippen molar-refractivity contribution in [3.63, 3.8) is 0 Å². The summed E-state index contributed by atoms with van der Waals surface area (Å²) in [7, 11) is 0. The SMILES string of the molecule is CCCCN1COC2c3sc(NC(C)=O)c(C(=O)OCC)c3CCC2C1. The molecule has 1 saturated heterocycles. The highest BCUT2D eigenvalue weighted by atomic mass is 32.1. The molecule has 1 N–H and O–H groups in total. The Bertz CT molecular complexity index is 673. The van der Waals surface area contributed by atoms with Gasteiger partial charge in [0.1, 0.15) is 5.00 Å². The maximum atomic E-state index is 12.5. The van der Waals surface area contributed by atoms with E-state index in [1.165, 1.54) is 31.1 Å². The van der Waals surface area contributed by atoms with Gasteiger partial charge in [-0.1, -0.05) is 13.3 Å². The normalized spacial score (nSPS) is 22.4. The maximum absolute atomic E-state index is 12.5. The van der Waals surface area contributed by atoms with Crippen molar-refractivity contribution >= 4 is 28.2 Å². The number of esters is 1. The molecular weight excluding hydrogens is 352 g/mol. The molecule has 0 radical (unpaired) electrons. The van der Waals surface area contributed by atoms with E-state index in [1.807, 2.05) is 0 Å². The Morgan fingerprint density at radius 1 is 1.38 bits per heavy atom. The molecule has 1 aliphatic carbocycles. The lowest BCUT2D eigenvalue weighted by Gasteiger charge is -2.41. The molecule has 1 aliphatic heterocycles. The molecule has 2 unspecified atom stereocenters. The average Bonchev–Trinajstić information content (AvgIpc) is 2.97. The molecule has 6 nitrogen and oxygen atoms in total. The van der Waals surface area contributed by atoms with E-state index in [4.69, 9.17) is 9.47 Å². The Morgan fingerprint density at radius 2 is 2.19 bits per heavy atom. The third-order valence-electron chi connectivity index (χ3n) is 5.02. The van der Waals surface area contributed by atoms with Gasteiger partial charge in [-0.15, -0.1) is 11.3 Å². The van der Waals surface area contributed by atoms with Gasteiger partial charge >= 0.3 is 5.97 Å². The first-order valence-corrected chi connectivity index (χ1v) is 10.3. The average molecular weight is 381 g/mol. The van der Waals surface area contributed by atoms with Gasteiger partial charge in [-0.2, -0.15) is 0 Å². The molecule has 2 atom stereocenters. The second kappa shape index (κ2) is 8.50. The van der Waals surface area contributed by atoms with Gasteiger partial charge in [0.25, 0.3) is 0 Å². The number of carbonyl (C=O) groups excluding carboxylic acids is 2. The van der Waals surface area contributed by atoms with Crippen LogP contribution in [0.25, 0.3) is 0 Å². The fourth-order valence-electron chi connectivity index (χ4n) is 3.83. The van der Waals surface area contributed by atoms with Crippen molar-refractivity contribution in [2.75, 3.05) is 31.7 Å². The molecule has 0 saturated carbocycles. The van der Waals surface area contributed by atoms with Crippen LogP contribution < -0.4 is 5.32 Å². The molecule has 3 rings (SSSR count). The van der Waals surface area contributed by atoms with Crippen LogP contribution in [-0.4, -0.2) is 43.2 Å². The van der Waals surface area contributed by atoms with Gasteiger partial charge < -0.3 is 14.8 Å². The zero-order valence-electron chi connectivity index (χ0n) is 15.8.